The molecule has 0 spiro atoms. The number of carbonyl (C=O) groups is 2. The van der Waals surface area contributed by atoms with Crippen LogP contribution in [0.5, 0.6) is 5.75 Å². The lowest BCUT2D eigenvalue weighted by molar-refractivity contribution is 0.0607. The molecule has 1 aliphatic rings. The third kappa shape index (κ3) is 5.85. The number of para-hydroxylation sites is 2. The maximum atomic E-state index is 14.3. The molecule has 1 aliphatic heterocycles. The van der Waals surface area contributed by atoms with Crippen LogP contribution in [0.25, 0.3) is 10.9 Å². The number of aromatic nitrogens is 1. The molecule has 1 atom stereocenters. The van der Waals surface area contributed by atoms with Crippen LogP contribution in [0.1, 0.15) is 52.5 Å². The Labute approximate surface area is 230 Å². The van der Waals surface area contributed by atoms with Crippen LogP contribution in [0.2, 0.25) is 0 Å². The van der Waals surface area contributed by atoms with Crippen molar-refractivity contribution >= 4 is 22.7 Å². The Balaban J connectivity index is 1.53. The Kier molecular flexibility index (Phi) is 8.30. The van der Waals surface area contributed by atoms with Gasteiger partial charge in [0.1, 0.15) is 12.4 Å². The van der Waals surface area contributed by atoms with Crippen LogP contribution >= 0.6 is 0 Å². The molecule has 0 unspecified atom stereocenters. The Morgan fingerprint density at radius 1 is 0.897 bits per heavy atom. The van der Waals surface area contributed by atoms with Crippen molar-refractivity contribution in [1.82, 2.24) is 14.4 Å². The first-order valence-corrected chi connectivity index (χ1v) is 14.0. The van der Waals surface area contributed by atoms with Gasteiger partial charge in [-0.1, -0.05) is 60.7 Å². The molecule has 1 aromatic heterocycles. The molecule has 0 radical (unpaired) electrons. The van der Waals surface area contributed by atoms with Gasteiger partial charge >= 0.3 is 0 Å². The number of hydrogen-bond acceptors (Lipinski definition) is 3. The molecular formula is C33H37N3O3. The van der Waals surface area contributed by atoms with Gasteiger partial charge in [0.15, 0.2) is 0 Å². The summed E-state index contributed by atoms with van der Waals surface area (Å²) in [6.07, 6.45) is 5.29. The smallest absolute Gasteiger partial charge is 0.257 e. The molecule has 3 aromatic carbocycles. The fourth-order valence-corrected chi connectivity index (χ4v) is 5.55. The standard InChI is InChI=1S/C33H37N3O3/c1-3-35-20-12-5-13-21-36(33(38)29-23-34(2)30-18-10-8-16-27(29)30)26(22-25-14-6-4-7-15-25)24-39-31-19-11-9-17-28(31)32(35)37/h4,6-11,14-19,23,26H,3,5,12-13,20-22,24H2,1-2H3/t26-/m0/s1. The van der Waals surface area contributed by atoms with Crippen LogP contribution in [-0.2, 0) is 13.5 Å². The van der Waals surface area contributed by atoms with Gasteiger partial charge in [-0.25, -0.2) is 0 Å². The Morgan fingerprint density at radius 2 is 1.62 bits per heavy atom. The van der Waals surface area contributed by atoms with Gasteiger partial charge in [-0.15, -0.1) is 0 Å². The third-order valence-corrected chi connectivity index (χ3v) is 7.69. The summed E-state index contributed by atoms with van der Waals surface area (Å²) in [5.74, 6) is 0.581. The minimum atomic E-state index is -0.204. The van der Waals surface area contributed by atoms with Gasteiger partial charge in [0.25, 0.3) is 11.8 Å². The number of hydrogen-bond donors (Lipinski definition) is 0. The Morgan fingerprint density at radius 3 is 2.44 bits per heavy atom. The van der Waals surface area contributed by atoms with Crippen LogP contribution in [0, 0.1) is 0 Å². The number of aryl methyl sites for hydroxylation is 1. The summed E-state index contributed by atoms with van der Waals surface area (Å²) in [5.41, 5.74) is 3.47. The first kappa shape index (κ1) is 26.5. The van der Waals surface area contributed by atoms with E-state index in [0.29, 0.717) is 49.5 Å². The normalized spacial score (nSPS) is 17.1. The number of benzene rings is 3. The van der Waals surface area contributed by atoms with Crippen molar-refractivity contribution in [2.45, 2.75) is 38.6 Å². The molecule has 5 rings (SSSR count). The van der Waals surface area contributed by atoms with Crippen molar-refractivity contribution in [1.29, 1.82) is 0 Å². The SMILES string of the molecule is CCN1CCCCCN(C(=O)c2cn(C)c3ccccc23)[C@@H](Cc2ccccc2)COc2ccccc2C1=O. The highest BCUT2D eigenvalue weighted by Gasteiger charge is 2.29. The van der Waals surface area contributed by atoms with Crippen molar-refractivity contribution in [3.63, 3.8) is 0 Å². The lowest BCUT2D eigenvalue weighted by atomic mass is 10.0. The van der Waals surface area contributed by atoms with Crippen LogP contribution in [0.4, 0.5) is 0 Å². The van der Waals surface area contributed by atoms with E-state index in [1.807, 2.05) is 101 Å². The van der Waals surface area contributed by atoms with Crippen molar-refractivity contribution in [2.75, 3.05) is 26.2 Å². The highest BCUT2D eigenvalue weighted by molar-refractivity contribution is 6.07. The van der Waals surface area contributed by atoms with E-state index in [9.17, 15) is 9.59 Å². The lowest BCUT2D eigenvalue weighted by Gasteiger charge is -2.32. The summed E-state index contributed by atoms with van der Waals surface area (Å²) >= 11 is 0. The quantitative estimate of drug-likeness (QED) is 0.332. The van der Waals surface area contributed by atoms with E-state index >= 15 is 0 Å². The maximum absolute atomic E-state index is 14.3. The van der Waals surface area contributed by atoms with Gasteiger partial charge in [-0.2, -0.15) is 0 Å². The minimum absolute atomic E-state index is 0.00403. The molecule has 2 heterocycles. The number of carbonyl (C=O) groups excluding carboxylic acids is 2. The monoisotopic (exact) mass is 523 g/mol. The van der Waals surface area contributed by atoms with Crippen molar-refractivity contribution in [3.8, 4) is 5.75 Å². The fraction of sp³-hybridized carbons (Fsp3) is 0.333. The zero-order chi connectivity index (χ0) is 27.2. The summed E-state index contributed by atoms with van der Waals surface area (Å²) in [4.78, 5) is 31.6. The van der Waals surface area contributed by atoms with Gasteiger partial charge in [0.05, 0.1) is 17.2 Å². The number of amides is 2. The van der Waals surface area contributed by atoms with Crippen molar-refractivity contribution in [3.05, 3.63) is 102 Å². The number of ether oxygens (including phenoxy) is 1. The predicted octanol–water partition coefficient (Wildman–Crippen LogP) is 5.96. The molecule has 2 amide bonds. The first-order chi connectivity index (χ1) is 19.1. The zero-order valence-electron chi connectivity index (χ0n) is 22.9. The maximum Gasteiger partial charge on any atom is 0.257 e. The highest BCUT2D eigenvalue weighted by Crippen LogP contribution is 2.26. The van der Waals surface area contributed by atoms with Crippen molar-refractivity contribution < 1.29 is 14.3 Å². The molecular weight excluding hydrogens is 486 g/mol. The molecule has 0 saturated carbocycles. The van der Waals surface area contributed by atoms with Crippen LogP contribution < -0.4 is 4.74 Å². The van der Waals surface area contributed by atoms with E-state index in [1.165, 1.54) is 0 Å². The van der Waals surface area contributed by atoms with Gasteiger partial charge < -0.3 is 19.1 Å². The van der Waals surface area contributed by atoms with Gasteiger partial charge in [0.2, 0.25) is 0 Å². The second kappa shape index (κ2) is 12.2. The molecule has 6 nitrogen and oxygen atoms in total. The molecule has 6 heteroatoms. The largest absolute Gasteiger partial charge is 0.491 e. The summed E-state index contributed by atoms with van der Waals surface area (Å²) in [6, 6.07) is 25.6. The van der Waals surface area contributed by atoms with E-state index in [2.05, 4.69) is 12.1 Å². The lowest BCUT2D eigenvalue weighted by Crippen LogP contribution is -2.45. The summed E-state index contributed by atoms with van der Waals surface area (Å²) in [6.45, 7) is 4.27. The number of nitrogens with zero attached hydrogens (tertiary/aromatic N) is 3. The summed E-state index contributed by atoms with van der Waals surface area (Å²) in [7, 11) is 1.98. The summed E-state index contributed by atoms with van der Waals surface area (Å²) < 4.78 is 8.43. The number of rotatable bonds is 4. The number of fused-ring (bicyclic) bond motifs is 2. The molecule has 0 N–H and O–H groups in total. The van der Waals surface area contributed by atoms with Gasteiger partial charge in [0, 0.05) is 43.8 Å². The first-order valence-electron chi connectivity index (χ1n) is 14.0. The average molecular weight is 524 g/mol. The predicted molar refractivity (Wildman–Crippen MR) is 155 cm³/mol. The summed E-state index contributed by atoms with van der Waals surface area (Å²) in [5, 5.41) is 0.960. The molecule has 0 aliphatic carbocycles. The average Bonchev–Trinajstić information content (AvgIpc) is 3.31. The van der Waals surface area contributed by atoms with Crippen LogP contribution in [-0.4, -0.2) is 58.5 Å². The van der Waals surface area contributed by atoms with E-state index in [4.69, 9.17) is 4.74 Å². The van der Waals surface area contributed by atoms with Gasteiger partial charge in [-0.05, 0) is 56.4 Å². The second-order valence-corrected chi connectivity index (χ2v) is 10.3. The molecule has 39 heavy (non-hydrogen) atoms. The molecule has 202 valence electrons. The third-order valence-electron chi connectivity index (χ3n) is 7.69. The zero-order valence-corrected chi connectivity index (χ0v) is 22.9. The molecule has 4 aromatic rings. The van der Waals surface area contributed by atoms with Crippen LogP contribution in [0.15, 0.2) is 85.1 Å². The van der Waals surface area contributed by atoms with Crippen LogP contribution in [0.3, 0.4) is 0 Å². The fourth-order valence-electron chi connectivity index (χ4n) is 5.55. The van der Waals surface area contributed by atoms with Gasteiger partial charge in [-0.3, -0.25) is 9.59 Å². The Bertz CT molecular complexity index is 1430. The highest BCUT2D eigenvalue weighted by atomic mass is 16.5. The van der Waals surface area contributed by atoms with E-state index in [-0.39, 0.29) is 17.9 Å². The second-order valence-electron chi connectivity index (χ2n) is 10.3. The van der Waals surface area contributed by atoms with Crippen molar-refractivity contribution in [2.24, 2.45) is 7.05 Å². The topological polar surface area (TPSA) is 54.8 Å². The van der Waals surface area contributed by atoms with E-state index < -0.39 is 0 Å². The minimum Gasteiger partial charge on any atom is -0.491 e. The van der Waals surface area contributed by atoms with E-state index in [1.54, 1.807) is 0 Å². The molecule has 0 bridgehead atoms. The Hall–Kier alpha value is -4.06. The van der Waals surface area contributed by atoms with E-state index in [0.717, 1.165) is 35.7 Å². The molecule has 0 saturated heterocycles. The molecule has 0 fully saturated rings.